The van der Waals surface area contributed by atoms with Gasteiger partial charge in [-0.2, -0.15) is 4.63 Å². The number of hydrogen-bond acceptors (Lipinski definition) is 3. The lowest BCUT2D eigenvalue weighted by atomic mass is 10.1. The van der Waals surface area contributed by atoms with Crippen LogP contribution in [0, 0.1) is 0 Å². The standard InChI is InChI=1S/C12H13BN2OS/c1-15(2)11-7-3-6-10-9(11)5-4-8-12(10)17(16)14-13/h3-8,14H,1-2H3. The van der Waals surface area contributed by atoms with Crippen molar-refractivity contribution in [3.05, 3.63) is 36.4 Å². The van der Waals surface area contributed by atoms with Crippen LogP contribution in [0.2, 0.25) is 0 Å². The minimum Gasteiger partial charge on any atom is -0.594 e. The lowest BCUT2D eigenvalue weighted by Crippen LogP contribution is -2.20. The Kier molecular flexibility index (Phi) is 3.62. The summed E-state index contributed by atoms with van der Waals surface area (Å²) >= 11 is -1.38. The molecule has 0 aromatic heterocycles. The molecular weight excluding hydrogens is 231 g/mol. The van der Waals surface area contributed by atoms with Crippen LogP contribution in [-0.2, 0) is 11.4 Å². The first-order valence-electron chi connectivity index (χ1n) is 5.22. The minimum atomic E-state index is -1.38. The van der Waals surface area contributed by atoms with Crippen molar-refractivity contribution in [3.63, 3.8) is 0 Å². The highest BCUT2D eigenvalue weighted by Crippen LogP contribution is 2.29. The zero-order valence-corrected chi connectivity index (χ0v) is 10.6. The van der Waals surface area contributed by atoms with Crippen molar-refractivity contribution in [2.75, 3.05) is 19.0 Å². The van der Waals surface area contributed by atoms with Gasteiger partial charge in [0, 0.05) is 30.6 Å². The Labute approximate surface area is 106 Å². The van der Waals surface area contributed by atoms with Crippen LogP contribution in [-0.4, -0.2) is 26.6 Å². The number of rotatable bonds is 3. The van der Waals surface area contributed by atoms with Crippen molar-refractivity contribution >= 4 is 35.8 Å². The first-order valence-corrected chi connectivity index (χ1v) is 6.37. The van der Waals surface area contributed by atoms with Gasteiger partial charge in [-0.3, -0.25) is 0 Å². The summed E-state index contributed by atoms with van der Waals surface area (Å²) in [5, 5.41) is 2.02. The Morgan fingerprint density at radius 2 is 1.76 bits per heavy atom. The molecule has 1 unspecified atom stereocenters. The third kappa shape index (κ3) is 2.27. The number of nitrogens with one attached hydrogen (secondary N) is 1. The summed E-state index contributed by atoms with van der Waals surface area (Å²) < 4.78 is 14.1. The normalized spacial score (nSPS) is 12.6. The van der Waals surface area contributed by atoms with E-state index in [-0.39, 0.29) is 0 Å². The van der Waals surface area contributed by atoms with Gasteiger partial charge in [0.15, 0.2) is 4.90 Å². The summed E-state index contributed by atoms with van der Waals surface area (Å²) in [5.74, 6) is 0. The van der Waals surface area contributed by atoms with E-state index in [1.165, 1.54) is 0 Å². The van der Waals surface area contributed by atoms with Crippen molar-refractivity contribution in [3.8, 4) is 0 Å². The zero-order valence-electron chi connectivity index (χ0n) is 9.81. The molecule has 1 atom stereocenters. The fourth-order valence-corrected chi connectivity index (χ4v) is 2.59. The monoisotopic (exact) mass is 244 g/mol. The average Bonchev–Trinajstić information content (AvgIpc) is 2.36. The van der Waals surface area contributed by atoms with Crippen LogP contribution >= 0.6 is 0 Å². The highest BCUT2D eigenvalue weighted by Gasteiger charge is 2.14. The van der Waals surface area contributed by atoms with Gasteiger partial charge in [0.1, 0.15) is 0 Å². The van der Waals surface area contributed by atoms with Crippen molar-refractivity contribution in [2.24, 2.45) is 0 Å². The van der Waals surface area contributed by atoms with Crippen LogP contribution in [0.4, 0.5) is 5.69 Å². The van der Waals surface area contributed by atoms with Gasteiger partial charge in [0.05, 0.1) is 11.4 Å². The maximum atomic E-state index is 11.8. The van der Waals surface area contributed by atoms with E-state index in [9.17, 15) is 4.55 Å². The van der Waals surface area contributed by atoms with Crippen molar-refractivity contribution in [1.29, 1.82) is 0 Å². The second-order valence-electron chi connectivity index (χ2n) is 3.91. The lowest BCUT2D eigenvalue weighted by molar-refractivity contribution is 0.594. The molecule has 0 amide bonds. The van der Waals surface area contributed by atoms with E-state index in [0.717, 1.165) is 16.5 Å². The Balaban J connectivity index is 2.70. The lowest BCUT2D eigenvalue weighted by Gasteiger charge is -2.17. The van der Waals surface area contributed by atoms with Gasteiger partial charge in [-0.15, -0.1) is 0 Å². The van der Waals surface area contributed by atoms with E-state index in [1.54, 1.807) is 0 Å². The van der Waals surface area contributed by atoms with E-state index < -0.39 is 11.4 Å². The molecule has 86 valence electrons. The molecular formula is C12H13BN2OS. The van der Waals surface area contributed by atoms with E-state index >= 15 is 0 Å². The van der Waals surface area contributed by atoms with Gasteiger partial charge in [0.25, 0.3) is 7.98 Å². The summed E-state index contributed by atoms with van der Waals surface area (Å²) in [5.41, 5.74) is 1.10. The molecule has 2 aromatic rings. The summed E-state index contributed by atoms with van der Waals surface area (Å²) in [4.78, 5) is 2.74. The van der Waals surface area contributed by atoms with Gasteiger partial charge in [0.2, 0.25) is 0 Å². The van der Waals surface area contributed by atoms with E-state index in [4.69, 9.17) is 7.98 Å². The predicted octanol–water partition coefficient (Wildman–Crippen LogP) is 1.60. The van der Waals surface area contributed by atoms with Gasteiger partial charge < -0.3 is 9.45 Å². The van der Waals surface area contributed by atoms with Gasteiger partial charge >= 0.3 is 0 Å². The summed E-state index contributed by atoms with van der Waals surface area (Å²) in [6.45, 7) is 0. The number of hydrogen-bond donors (Lipinski definition) is 1. The molecule has 0 saturated carbocycles. The molecule has 0 bridgehead atoms. The second-order valence-corrected chi connectivity index (χ2v) is 5.12. The quantitative estimate of drug-likeness (QED) is 0.658. The van der Waals surface area contributed by atoms with E-state index in [1.807, 2.05) is 55.4 Å². The molecule has 0 saturated heterocycles. The van der Waals surface area contributed by atoms with Gasteiger partial charge in [-0.1, -0.05) is 18.2 Å². The molecule has 2 aromatic carbocycles. The minimum absolute atomic E-state index is 0.703. The van der Waals surface area contributed by atoms with Crippen LogP contribution in [0.5, 0.6) is 0 Å². The molecule has 1 N–H and O–H groups in total. The molecule has 5 heteroatoms. The molecule has 0 aliphatic carbocycles. The molecule has 0 fully saturated rings. The highest BCUT2D eigenvalue weighted by atomic mass is 32.2. The Morgan fingerprint density at radius 1 is 1.12 bits per heavy atom. The highest BCUT2D eigenvalue weighted by molar-refractivity contribution is 7.90. The summed E-state index contributed by atoms with van der Waals surface area (Å²) in [6.07, 6.45) is 0. The van der Waals surface area contributed by atoms with E-state index in [2.05, 4.69) is 4.63 Å². The Bertz CT molecular complexity index is 533. The van der Waals surface area contributed by atoms with Crippen LogP contribution in [0.25, 0.3) is 10.8 Å². The summed E-state index contributed by atoms with van der Waals surface area (Å²) in [6, 6.07) is 11.7. The first-order chi connectivity index (χ1) is 8.15. The first kappa shape index (κ1) is 12.3. The molecule has 0 aliphatic heterocycles. The van der Waals surface area contributed by atoms with Crippen molar-refractivity contribution < 1.29 is 4.55 Å². The molecule has 3 nitrogen and oxygen atoms in total. The molecule has 17 heavy (non-hydrogen) atoms. The average molecular weight is 244 g/mol. The van der Waals surface area contributed by atoms with Crippen LogP contribution in [0.15, 0.2) is 41.3 Å². The SMILES string of the molecule is [B]N[S+]([O-])c1cccc2c(N(C)C)cccc12. The molecule has 2 radical (unpaired) electrons. The molecule has 0 heterocycles. The third-order valence-corrected chi connectivity index (χ3v) is 3.62. The van der Waals surface area contributed by atoms with Gasteiger partial charge in [-0.05, 0) is 18.2 Å². The molecule has 0 spiro atoms. The van der Waals surface area contributed by atoms with Gasteiger partial charge in [-0.25, -0.2) is 0 Å². The van der Waals surface area contributed by atoms with E-state index in [0.29, 0.717) is 4.90 Å². The van der Waals surface area contributed by atoms with Crippen LogP contribution < -0.4 is 9.53 Å². The van der Waals surface area contributed by atoms with Crippen LogP contribution in [0.1, 0.15) is 0 Å². The largest absolute Gasteiger partial charge is 0.594 e. The third-order valence-electron chi connectivity index (χ3n) is 2.65. The topological polar surface area (TPSA) is 38.3 Å². The Hall–Kier alpha value is -1.17. The molecule has 0 aliphatic rings. The smallest absolute Gasteiger partial charge is 0.253 e. The maximum absolute atomic E-state index is 11.8. The van der Waals surface area contributed by atoms with Crippen molar-refractivity contribution in [2.45, 2.75) is 4.90 Å². The Morgan fingerprint density at radius 3 is 2.41 bits per heavy atom. The zero-order chi connectivity index (χ0) is 12.4. The number of nitrogens with zero attached hydrogens (tertiary/aromatic N) is 1. The van der Waals surface area contributed by atoms with Crippen LogP contribution in [0.3, 0.4) is 0 Å². The maximum Gasteiger partial charge on any atom is 0.253 e. The summed E-state index contributed by atoms with van der Waals surface area (Å²) in [7, 11) is 9.20. The van der Waals surface area contributed by atoms with Crippen molar-refractivity contribution in [1.82, 2.24) is 4.63 Å². The predicted molar refractivity (Wildman–Crippen MR) is 73.6 cm³/mol. The number of benzene rings is 2. The fourth-order valence-electron chi connectivity index (χ4n) is 1.88. The molecule has 2 rings (SSSR count). The number of fused-ring (bicyclic) bond motifs is 1. The fraction of sp³-hybridized carbons (Fsp3) is 0.167. The second kappa shape index (κ2) is 5.00. The number of anilines is 1.